The number of halogens is 3. The van der Waals surface area contributed by atoms with Gasteiger partial charge in [0.1, 0.15) is 12.6 Å². The molecule has 1 saturated carbocycles. The largest absolute Gasteiger partial charge is 0.464 e. The Labute approximate surface area is 152 Å². The monoisotopic (exact) mass is 387 g/mol. The zero-order valence-corrected chi connectivity index (χ0v) is 15.7. The second-order valence-electron chi connectivity index (χ2n) is 6.24. The van der Waals surface area contributed by atoms with Gasteiger partial charge in [-0.25, -0.2) is 9.59 Å². The quantitative estimate of drug-likeness (QED) is 0.546. The van der Waals surface area contributed by atoms with Gasteiger partial charge in [0.05, 0.1) is 6.61 Å². The van der Waals surface area contributed by atoms with Gasteiger partial charge in [-0.1, -0.05) is 67.9 Å². The van der Waals surface area contributed by atoms with Crippen molar-refractivity contribution in [3.05, 3.63) is 0 Å². The Morgan fingerprint density at radius 3 is 2.26 bits per heavy atom. The van der Waals surface area contributed by atoms with Crippen LogP contribution in [0.2, 0.25) is 0 Å². The van der Waals surface area contributed by atoms with Crippen LogP contribution in [-0.2, 0) is 14.3 Å². The maximum absolute atomic E-state index is 12.3. The molecule has 8 heteroatoms. The molecule has 0 aromatic heterocycles. The van der Waals surface area contributed by atoms with E-state index in [9.17, 15) is 9.59 Å². The van der Waals surface area contributed by atoms with Crippen LogP contribution in [0.15, 0.2) is 0 Å². The van der Waals surface area contributed by atoms with Crippen LogP contribution < -0.4 is 5.32 Å². The zero-order chi connectivity index (χ0) is 17.5. The lowest BCUT2D eigenvalue weighted by atomic mass is 9.84. The van der Waals surface area contributed by atoms with E-state index in [1.54, 1.807) is 0 Å². The van der Waals surface area contributed by atoms with Crippen molar-refractivity contribution >= 4 is 46.9 Å². The summed E-state index contributed by atoms with van der Waals surface area (Å²) in [6, 6.07) is -0.725. The molecule has 1 rings (SSSR count). The van der Waals surface area contributed by atoms with Gasteiger partial charge < -0.3 is 14.8 Å². The van der Waals surface area contributed by atoms with Gasteiger partial charge >= 0.3 is 12.1 Å². The second kappa shape index (κ2) is 9.80. The van der Waals surface area contributed by atoms with Gasteiger partial charge in [0.25, 0.3) is 0 Å². The number of ether oxygens (including phenoxy) is 2. The number of alkyl carbamates (subject to hydrolysis) is 1. The van der Waals surface area contributed by atoms with Crippen LogP contribution >= 0.6 is 34.8 Å². The lowest BCUT2D eigenvalue weighted by Gasteiger charge is -2.29. The Bertz CT molecular complexity index is 393. The number of hydrogen-bond donors (Lipinski definition) is 1. The maximum atomic E-state index is 12.3. The van der Waals surface area contributed by atoms with Crippen molar-refractivity contribution in [1.29, 1.82) is 0 Å². The number of carbonyl (C=O) groups excluding carboxylic acids is 2. The third-order valence-electron chi connectivity index (χ3n) is 3.57. The first-order valence-electron chi connectivity index (χ1n) is 7.85. The zero-order valence-electron chi connectivity index (χ0n) is 13.4. The Morgan fingerprint density at radius 2 is 1.74 bits per heavy atom. The summed E-state index contributed by atoms with van der Waals surface area (Å²) in [5.74, 6) is -0.164. The topological polar surface area (TPSA) is 64.6 Å². The molecular formula is C15H24Cl3NO4. The summed E-state index contributed by atoms with van der Waals surface area (Å²) >= 11 is 16.6. The molecule has 0 saturated heterocycles. The number of alkyl halides is 3. The first-order chi connectivity index (χ1) is 10.7. The fourth-order valence-corrected chi connectivity index (χ4v) is 2.65. The molecule has 1 amide bonds. The molecule has 0 bridgehead atoms. The van der Waals surface area contributed by atoms with E-state index in [2.05, 4.69) is 5.32 Å². The van der Waals surface area contributed by atoms with Crippen molar-refractivity contribution < 1.29 is 19.1 Å². The van der Waals surface area contributed by atoms with Crippen LogP contribution in [0.5, 0.6) is 0 Å². The SMILES string of the molecule is CC(C)COC(=O)C(NC(=O)OCC(Cl)(Cl)Cl)C1CCCCC1. The molecule has 0 spiro atoms. The number of carbonyl (C=O) groups is 2. The van der Waals surface area contributed by atoms with Crippen LogP contribution in [0, 0.1) is 11.8 Å². The summed E-state index contributed by atoms with van der Waals surface area (Å²) in [5.41, 5.74) is 0. The number of nitrogens with one attached hydrogen (secondary N) is 1. The van der Waals surface area contributed by atoms with Crippen molar-refractivity contribution in [1.82, 2.24) is 5.32 Å². The van der Waals surface area contributed by atoms with E-state index in [-0.39, 0.29) is 18.4 Å². The summed E-state index contributed by atoms with van der Waals surface area (Å²) in [7, 11) is 0. The summed E-state index contributed by atoms with van der Waals surface area (Å²) in [5, 5.41) is 2.57. The van der Waals surface area contributed by atoms with Gasteiger partial charge in [0.2, 0.25) is 3.79 Å². The minimum Gasteiger partial charge on any atom is -0.464 e. The molecule has 1 atom stereocenters. The number of hydrogen-bond acceptors (Lipinski definition) is 4. The highest BCUT2D eigenvalue weighted by Gasteiger charge is 2.33. The van der Waals surface area contributed by atoms with Crippen LogP contribution in [0.1, 0.15) is 46.0 Å². The van der Waals surface area contributed by atoms with Gasteiger partial charge in [-0.15, -0.1) is 0 Å². The van der Waals surface area contributed by atoms with Crippen molar-refractivity contribution in [2.75, 3.05) is 13.2 Å². The predicted molar refractivity (Wildman–Crippen MR) is 90.9 cm³/mol. The van der Waals surface area contributed by atoms with E-state index in [4.69, 9.17) is 44.3 Å². The van der Waals surface area contributed by atoms with Gasteiger partial charge in [-0.2, -0.15) is 0 Å². The van der Waals surface area contributed by atoms with Crippen LogP contribution in [0.3, 0.4) is 0 Å². The molecule has 0 radical (unpaired) electrons. The number of esters is 1. The molecule has 0 aliphatic heterocycles. The summed E-state index contributed by atoms with van der Waals surface area (Å²) in [6.45, 7) is 3.83. The van der Waals surface area contributed by atoms with E-state index in [1.807, 2.05) is 13.8 Å². The van der Waals surface area contributed by atoms with Crippen molar-refractivity contribution in [2.24, 2.45) is 11.8 Å². The maximum Gasteiger partial charge on any atom is 0.408 e. The van der Waals surface area contributed by atoms with E-state index in [1.165, 1.54) is 0 Å². The van der Waals surface area contributed by atoms with E-state index in [0.717, 1.165) is 32.1 Å². The smallest absolute Gasteiger partial charge is 0.408 e. The summed E-state index contributed by atoms with van der Waals surface area (Å²) in [4.78, 5) is 24.2. The Hall–Kier alpha value is -0.390. The fourth-order valence-electron chi connectivity index (χ4n) is 2.49. The minimum absolute atomic E-state index is 0.0451. The minimum atomic E-state index is -1.68. The molecule has 0 heterocycles. The van der Waals surface area contributed by atoms with Crippen LogP contribution in [-0.4, -0.2) is 35.1 Å². The summed E-state index contributed by atoms with van der Waals surface area (Å²) < 4.78 is 8.44. The predicted octanol–water partition coefficient (Wildman–Crippen LogP) is 4.23. The molecule has 1 fully saturated rings. The molecular weight excluding hydrogens is 365 g/mol. The first kappa shape index (κ1) is 20.7. The van der Waals surface area contributed by atoms with Gasteiger partial charge in [0, 0.05) is 0 Å². The van der Waals surface area contributed by atoms with E-state index in [0.29, 0.717) is 6.61 Å². The Balaban J connectivity index is 2.62. The normalized spacial score (nSPS) is 17.7. The lowest BCUT2D eigenvalue weighted by Crippen LogP contribution is -2.48. The number of rotatable bonds is 6. The molecule has 0 aromatic carbocycles. The van der Waals surface area contributed by atoms with Crippen molar-refractivity contribution in [3.63, 3.8) is 0 Å². The lowest BCUT2D eigenvalue weighted by molar-refractivity contribution is -0.149. The van der Waals surface area contributed by atoms with Crippen molar-refractivity contribution in [3.8, 4) is 0 Å². The highest BCUT2D eigenvalue weighted by molar-refractivity contribution is 6.67. The molecule has 5 nitrogen and oxygen atoms in total. The molecule has 23 heavy (non-hydrogen) atoms. The van der Waals surface area contributed by atoms with Crippen LogP contribution in [0.4, 0.5) is 4.79 Å². The average Bonchev–Trinajstić information content (AvgIpc) is 2.48. The first-order valence-corrected chi connectivity index (χ1v) is 8.99. The average molecular weight is 389 g/mol. The van der Waals surface area contributed by atoms with Gasteiger partial charge in [-0.05, 0) is 24.7 Å². The highest BCUT2D eigenvalue weighted by atomic mass is 35.6. The second-order valence-corrected chi connectivity index (χ2v) is 8.75. The summed E-state index contributed by atoms with van der Waals surface area (Å²) in [6.07, 6.45) is 4.15. The Morgan fingerprint density at radius 1 is 1.13 bits per heavy atom. The standard InChI is InChI=1S/C15H24Cl3NO4/c1-10(2)8-22-13(20)12(11-6-4-3-5-7-11)19-14(21)23-9-15(16,17)18/h10-12H,3-9H2,1-2H3,(H,19,21). The van der Waals surface area contributed by atoms with Crippen LogP contribution in [0.25, 0.3) is 0 Å². The molecule has 1 unspecified atom stereocenters. The van der Waals surface area contributed by atoms with Gasteiger partial charge in [0.15, 0.2) is 0 Å². The third-order valence-corrected chi connectivity index (χ3v) is 3.90. The number of amides is 1. The molecule has 0 aromatic rings. The fraction of sp³-hybridized carbons (Fsp3) is 0.867. The molecule has 134 valence electrons. The van der Waals surface area contributed by atoms with E-state index >= 15 is 0 Å². The Kier molecular flexibility index (Phi) is 8.80. The van der Waals surface area contributed by atoms with Crippen molar-refractivity contribution in [2.45, 2.75) is 55.8 Å². The molecule has 1 aliphatic rings. The molecule has 1 aliphatic carbocycles. The third kappa shape index (κ3) is 8.87. The van der Waals surface area contributed by atoms with Gasteiger partial charge in [-0.3, -0.25) is 0 Å². The van der Waals surface area contributed by atoms with E-state index < -0.39 is 21.9 Å². The molecule has 1 N–H and O–H groups in total. The highest BCUT2D eigenvalue weighted by Crippen LogP contribution is 2.28.